The van der Waals surface area contributed by atoms with E-state index >= 15 is 0 Å². The lowest BCUT2D eigenvalue weighted by atomic mass is 10.1. The Hall–Kier alpha value is -1.27. The quantitative estimate of drug-likeness (QED) is 0.913. The second-order valence-corrected chi connectivity index (χ2v) is 4.83. The highest BCUT2D eigenvalue weighted by atomic mass is 79.9. The average molecular weight is 283 g/mol. The van der Waals surface area contributed by atoms with Gasteiger partial charge in [0.25, 0.3) is 0 Å². The number of halogens is 1. The summed E-state index contributed by atoms with van der Waals surface area (Å²) >= 11 is 3.38. The molecule has 16 heavy (non-hydrogen) atoms. The molecule has 0 radical (unpaired) electrons. The number of aromatic nitrogens is 3. The molecular weight excluding hydrogens is 272 g/mol. The summed E-state index contributed by atoms with van der Waals surface area (Å²) in [5, 5.41) is 3.86. The lowest BCUT2D eigenvalue weighted by Gasteiger charge is -2.10. The van der Waals surface area contributed by atoms with Crippen molar-refractivity contribution in [1.29, 1.82) is 0 Å². The maximum Gasteiger partial charge on any atom is 0.246 e. The molecule has 6 heteroatoms. The Bertz CT molecular complexity index is 504. The van der Waals surface area contributed by atoms with E-state index in [0.717, 1.165) is 4.47 Å². The van der Waals surface area contributed by atoms with Gasteiger partial charge in [-0.1, -0.05) is 5.16 Å². The normalized spacial score (nSPS) is 11.8. The zero-order chi connectivity index (χ0) is 11.8. The van der Waals surface area contributed by atoms with Gasteiger partial charge in [-0.25, -0.2) is 0 Å². The number of rotatable bonds is 2. The van der Waals surface area contributed by atoms with Crippen LogP contribution in [0.1, 0.15) is 19.7 Å². The second-order valence-electron chi connectivity index (χ2n) is 3.98. The van der Waals surface area contributed by atoms with Gasteiger partial charge in [-0.3, -0.25) is 4.98 Å². The fourth-order valence-electron chi connectivity index (χ4n) is 1.13. The number of hydrogen-bond donors (Lipinski definition) is 1. The number of hydrogen-bond acceptors (Lipinski definition) is 5. The minimum absolute atomic E-state index is 0.389. The number of pyridine rings is 1. The smallest absolute Gasteiger partial charge is 0.246 e. The predicted octanol–water partition coefficient (Wildman–Crippen LogP) is 2.09. The van der Waals surface area contributed by atoms with Crippen molar-refractivity contribution in [3.05, 3.63) is 28.7 Å². The fraction of sp³-hybridized carbons (Fsp3) is 0.300. The highest BCUT2D eigenvalue weighted by Crippen LogP contribution is 2.24. The Labute approximate surface area is 101 Å². The number of nitrogens with zero attached hydrogens (tertiary/aromatic N) is 3. The molecule has 2 aromatic heterocycles. The molecule has 0 bridgehead atoms. The Morgan fingerprint density at radius 3 is 2.75 bits per heavy atom. The van der Waals surface area contributed by atoms with Crippen molar-refractivity contribution in [2.45, 2.75) is 19.4 Å². The first-order chi connectivity index (χ1) is 7.48. The molecule has 0 saturated heterocycles. The van der Waals surface area contributed by atoms with Crippen molar-refractivity contribution in [2.24, 2.45) is 5.73 Å². The van der Waals surface area contributed by atoms with Crippen LogP contribution in [0.3, 0.4) is 0 Å². The molecule has 5 nitrogen and oxygen atoms in total. The molecule has 2 aromatic rings. The minimum Gasteiger partial charge on any atom is -0.337 e. The lowest BCUT2D eigenvalue weighted by Crippen LogP contribution is -2.28. The Morgan fingerprint density at radius 1 is 1.44 bits per heavy atom. The standard InChI is InChI=1S/C10H11BrN4O/c1-10(2,12)9-14-8(15-16-9)7-6(11)4-3-5-13-7/h3-5H,12H2,1-2H3. The summed E-state index contributed by atoms with van der Waals surface area (Å²) in [6.45, 7) is 3.61. The molecule has 0 atom stereocenters. The summed E-state index contributed by atoms with van der Waals surface area (Å²) in [4.78, 5) is 8.39. The van der Waals surface area contributed by atoms with Crippen LogP contribution in [0.5, 0.6) is 0 Å². The van der Waals surface area contributed by atoms with Crippen LogP contribution in [0, 0.1) is 0 Å². The van der Waals surface area contributed by atoms with E-state index in [1.807, 2.05) is 12.1 Å². The molecule has 0 saturated carbocycles. The lowest BCUT2D eigenvalue weighted by molar-refractivity contribution is 0.312. The van der Waals surface area contributed by atoms with Crippen LogP contribution >= 0.6 is 15.9 Å². The van der Waals surface area contributed by atoms with Crippen LogP contribution in [0.15, 0.2) is 27.3 Å². The third kappa shape index (κ3) is 2.12. The van der Waals surface area contributed by atoms with Gasteiger partial charge in [-0.15, -0.1) is 0 Å². The largest absolute Gasteiger partial charge is 0.337 e. The molecule has 0 amide bonds. The Morgan fingerprint density at radius 2 is 2.19 bits per heavy atom. The maximum absolute atomic E-state index is 5.86. The molecule has 0 spiro atoms. The van der Waals surface area contributed by atoms with E-state index in [4.69, 9.17) is 10.3 Å². The molecule has 2 heterocycles. The van der Waals surface area contributed by atoms with Crippen LogP contribution in [0.2, 0.25) is 0 Å². The third-order valence-corrected chi connectivity index (χ3v) is 2.59. The first-order valence-corrected chi connectivity index (χ1v) is 5.52. The fourth-order valence-corrected chi connectivity index (χ4v) is 1.56. The molecule has 0 aromatic carbocycles. The summed E-state index contributed by atoms with van der Waals surface area (Å²) < 4.78 is 5.91. The summed E-state index contributed by atoms with van der Waals surface area (Å²) in [6, 6.07) is 3.69. The van der Waals surface area contributed by atoms with E-state index in [1.165, 1.54) is 0 Å². The summed E-state index contributed by atoms with van der Waals surface area (Å²) in [6.07, 6.45) is 1.67. The minimum atomic E-state index is -0.646. The van der Waals surface area contributed by atoms with Crippen molar-refractivity contribution in [1.82, 2.24) is 15.1 Å². The highest BCUT2D eigenvalue weighted by Gasteiger charge is 2.23. The Balaban J connectivity index is 2.44. The first kappa shape index (κ1) is 11.2. The van der Waals surface area contributed by atoms with E-state index in [1.54, 1.807) is 20.0 Å². The van der Waals surface area contributed by atoms with E-state index < -0.39 is 5.54 Å². The van der Waals surface area contributed by atoms with Crippen molar-refractivity contribution in [2.75, 3.05) is 0 Å². The maximum atomic E-state index is 5.86. The van der Waals surface area contributed by atoms with E-state index in [0.29, 0.717) is 17.4 Å². The molecule has 0 unspecified atom stereocenters. The van der Waals surface area contributed by atoms with Crippen LogP contribution in [-0.2, 0) is 5.54 Å². The molecule has 2 N–H and O–H groups in total. The van der Waals surface area contributed by atoms with Gasteiger partial charge in [-0.2, -0.15) is 4.98 Å². The van der Waals surface area contributed by atoms with Crippen molar-refractivity contribution >= 4 is 15.9 Å². The zero-order valence-electron chi connectivity index (χ0n) is 8.94. The van der Waals surface area contributed by atoms with Crippen molar-refractivity contribution < 1.29 is 4.52 Å². The predicted molar refractivity (Wildman–Crippen MR) is 62.4 cm³/mol. The number of nitrogens with two attached hydrogens (primary N) is 1. The monoisotopic (exact) mass is 282 g/mol. The van der Waals surface area contributed by atoms with Crippen LogP contribution < -0.4 is 5.73 Å². The van der Waals surface area contributed by atoms with E-state index in [-0.39, 0.29) is 0 Å². The van der Waals surface area contributed by atoms with Gasteiger partial charge in [-0.05, 0) is 41.9 Å². The average Bonchev–Trinajstić information content (AvgIpc) is 2.66. The van der Waals surface area contributed by atoms with Crippen LogP contribution in [-0.4, -0.2) is 15.1 Å². The molecule has 0 fully saturated rings. The Kier molecular flexibility index (Phi) is 2.77. The van der Waals surface area contributed by atoms with Gasteiger partial charge in [0.05, 0.1) is 5.54 Å². The van der Waals surface area contributed by atoms with Crippen LogP contribution in [0.25, 0.3) is 11.5 Å². The highest BCUT2D eigenvalue weighted by molar-refractivity contribution is 9.10. The van der Waals surface area contributed by atoms with Gasteiger partial charge in [0.15, 0.2) is 0 Å². The molecule has 0 aliphatic carbocycles. The summed E-state index contributed by atoms with van der Waals surface area (Å²) in [5.41, 5.74) is 5.85. The molecule has 2 rings (SSSR count). The van der Waals surface area contributed by atoms with E-state index in [9.17, 15) is 0 Å². The van der Waals surface area contributed by atoms with Gasteiger partial charge in [0, 0.05) is 10.7 Å². The van der Waals surface area contributed by atoms with Crippen molar-refractivity contribution in [3.8, 4) is 11.5 Å². The van der Waals surface area contributed by atoms with Crippen molar-refractivity contribution in [3.63, 3.8) is 0 Å². The second kappa shape index (κ2) is 3.95. The third-order valence-electron chi connectivity index (χ3n) is 1.95. The van der Waals surface area contributed by atoms with Gasteiger partial charge in [0.1, 0.15) is 5.69 Å². The topological polar surface area (TPSA) is 77.8 Å². The van der Waals surface area contributed by atoms with E-state index in [2.05, 4.69) is 31.1 Å². The molecule has 0 aliphatic heterocycles. The molecule has 0 aliphatic rings. The zero-order valence-corrected chi connectivity index (χ0v) is 10.5. The van der Waals surface area contributed by atoms with Gasteiger partial charge in [0.2, 0.25) is 11.7 Å². The SMILES string of the molecule is CC(C)(N)c1nc(-c2ncccc2Br)no1. The first-order valence-electron chi connectivity index (χ1n) is 4.72. The van der Waals surface area contributed by atoms with Gasteiger partial charge >= 0.3 is 0 Å². The summed E-state index contributed by atoms with van der Waals surface area (Å²) in [7, 11) is 0. The molecular formula is C10H11BrN4O. The molecule has 84 valence electrons. The van der Waals surface area contributed by atoms with Gasteiger partial charge < -0.3 is 10.3 Å². The van der Waals surface area contributed by atoms with Crippen LogP contribution in [0.4, 0.5) is 0 Å². The summed E-state index contributed by atoms with van der Waals surface area (Å²) in [5.74, 6) is 0.820.